The molecule has 0 radical (unpaired) electrons. The van der Waals surface area contributed by atoms with Gasteiger partial charge in [0.1, 0.15) is 0 Å². The summed E-state index contributed by atoms with van der Waals surface area (Å²) in [6.07, 6.45) is 2.59. The fourth-order valence-corrected chi connectivity index (χ4v) is 2.51. The summed E-state index contributed by atoms with van der Waals surface area (Å²) in [6, 6.07) is 7.38. The molecule has 0 bridgehead atoms. The van der Waals surface area contributed by atoms with Gasteiger partial charge in [-0.25, -0.2) is 0 Å². The summed E-state index contributed by atoms with van der Waals surface area (Å²) in [5.41, 5.74) is 7.41. The van der Waals surface area contributed by atoms with E-state index in [1.807, 2.05) is 12.1 Å². The first-order valence-corrected chi connectivity index (χ1v) is 6.94. The molecule has 6 heteroatoms. The van der Waals surface area contributed by atoms with Crippen LogP contribution in [0, 0.1) is 5.92 Å². The van der Waals surface area contributed by atoms with Gasteiger partial charge in [-0.3, -0.25) is 9.59 Å². The lowest BCUT2D eigenvalue weighted by Gasteiger charge is -2.11. The second-order valence-electron chi connectivity index (χ2n) is 5.26. The van der Waals surface area contributed by atoms with Gasteiger partial charge in [-0.05, 0) is 37.0 Å². The number of carbonyl (C=O) groups excluding carboxylic acids is 2. The molecule has 0 spiro atoms. The first-order valence-electron chi connectivity index (χ1n) is 6.94. The third-order valence-corrected chi connectivity index (χ3v) is 3.75. The van der Waals surface area contributed by atoms with Crippen LogP contribution in [0.3, 0.4) is 0 Å². The van der Waals surface area contributed by atoms with E-state index >= 15 is 0 Å². The normalized spacial score (nSPS) is 20.5. The fraction of sp³-hybridized carbons (Fsp3) is 0.467. The summed E-state index contributed by atoms with van der Waals surface area (Å²) in [6.45, 7) is 0.485. The van der Waals surface area contributed by atoms with Crippen molar-refractivity contribution in [1.82, 2.24) is 10.6 Å². The highest BCUT2D eigenvalue weighted by Gasteiger charge is 2.27. The van der Waals surface area contributed by atoms with Gasteiger partial charge in [0.25, 0.3) is 5.91 Å². The van der Waals surface area contributed by atoms with Gasteiger partial charge in [0.2, 0.25) is 5.91 Å². The third kappa shape index (κ3) is 4.72. The highest BCUT2D eigenvalue weighted by molar-refractivity contribution is 5.93. The van der Waals surface area contributed by atoms with Crippen LogP contribution in [-0.4, -0.2) is 24.9 Å². The van der Waals surface area contributed by atoms with E-state index in [4.69, 9.17) is 5.73 Å². The Kier molecular flexibility index (Phi) is 6.65. The van der Waals surface area contributed by atoms with Crippen molar-refractivity contribution in [3.8, 4) is 0 Å². The quantitative estimate of drug-likeness (QED) is 0.781. The van der Waals surface area contributed by atoms with Gasteiger partial charge < -0.3 is 16.4 Å². The maximum atomic E-state index is 12.0. The molecule has 2 unspecified atom stereocenters. The lowest BCUT2D eigenvalue weighted by atomic mass is 10.1. The summed E-state index contributed by atoms with van der Waals surface area (Å²) in [5.74, 6) is 0.0176. The Hall–Kier alpha value is -1.59. The van der Waals surface area contributed by atoms with Gasteiger partial charge in [-0.15, -0.1) is 12.4 Å². The molecule has 1 aliphatic carbocycles. The second kappa shape index (κ2) is 8.00. The first kappa shape index (κ1) is 17.5. The summed E-state index contributed by atoms with van der Waals surface area (Å²) in [7, 11) is 1.60. The number of hydrogen-bond donors (Lipinski definition) is 3. The molecule has 1 fully saturated rings. The van der Waals surface area contributed by atoms with Crippen molar-refractivity contribution < 1.29 is 9.59 Å². The molecule has 0 aliphatic heterocycles. The molecule has 5 nitrogen and oxygen atoms in total. The molecular formula is C15H22ClN3O2. The van der Waals surface area contributed by atoms with E-state index in [1.165, 1.54) is 0 Å². The molecule has 1 aromatic rings. The van der Waals surface area contributed by atoms with Gasteiger partial charge in [-0.2, -0.15) is 0 Å². The number of halogens is 1. The number of nitrogens with one attached hydrogen (secondary N) is 2. The van der Waals surface area contributed by atoms with Crippen molar-refractivity contribution in [3.05, 3.63) is 35.4 Å². The highest BCUT2D eigenvalue weighted by Crippen LogP contribution is 2.24. The minimum absolute atomic E-state index is 0. The maximum Gasteiger partial charge on any atom is 0.251 e. The van der Waals surface area contributed by atoms with Crippen molar-refractivity contribution in [1.29, 1.82) is 0 Å². The number of hydrogen-bond acceptors (Lipinski definition) is 3. The molecule has 1 aliphatic rings. The zero-order valence-corrected chi connectivity index (χ0v) is 12.9. The smallest absolute Gasteiger partial charge is 0.251 e. The maximum absolute atomic E-state index is 12.0. The lowest BCUT2D eigenvalue weighted by molar-refractivity contribution is -0.125. The highest BCUT2D eigenvalue weighted by atomic mass is 35.5. The molecule has 4 N–H and O–H groups in total. The number of nitrogens with two attached hydrogens (primary N) is 1. The summed E-state index contributed by atoms with van der Waals surface area (Å²) < 4.78 is 0. The van der Waals surface area contributed by atoms with Crippen LogP contribution in [0.1, 0.15) is 35.2 Å². The van der Waals surface area contributed by atoms with Crippen molar-refractivity contribution >= 4 is 24.2 Å². The van der Waals surface area contributed by atoms with E-state index in [1.54, 1.807) is 19.2 Å². The SMILES string of the molecule is CNC(=O)c1ccc(CNC(=O)C2CCC(N)C2)cc1.Cl. The van der Waals surface area contributed by atoms with Crippen molar-refractivity contribution in [2.24, 2.45) is 11.7 Å². The number of amides is 2. The molecule has 0 saturated heterocycles. The summed E-state index contributed by atoms with van der Waals surface area (Å²) >= 11 is 0. The number of benzene rings is 1. The van der Waals surface area contributed by atoms with Crippen LogP contribution in [0.5, 0.6) is 0 Å². The van der Waals surface area contributed by atoms with Crippen LogP contribution < -0.4 is 16.4 Å². The molecule has 2 atom stereocenters. The standard InChI is InChI=1S/C15H21N3O2.ClH/c1-17-14(19)11-4-2-10(3-5-11)9-18-15(20)12-6-7-13(16)8-12;/h2-5,12-13H,6-9,16H2,1H3,(H,17,19)(H,18,20);1H. The molecule has 116 valence electrons. The zero-order chi connectivity index (χ0) is 14.5. The van der Waals surface area contributed by atoms with E-state index in [-0.39, 0.29) is 36.2 Å². The average Bonchev–Trinajstić information content (AvgIpc) is 2.91. The van der Waals surface area contributed by atoms with Crippen LogP contribution in [0.25, 0.3) is 0 Å². The number of rotatable bonds is 4. The van der Waals surface area contributed by atoms with Crippen molar-refractivity contribution in [2.75, 3.05) is 7.05 Å². The van der Waals surface area contributed by atoms with Crippen molar-refractivity contribution in [2.45, 2.75) is 31.8 Å². The van der Waals surface area contributed by atoms with E-state index in [0.29, 0.717) is 12.1 Å². The van der Waals surface area contributed by atoms with Crippen LogP contribution >= 0.6 is 12.4 Å². The lowest BCUT2D eigenvalue weighted by Crippen LogP contribution is -2.30. The predicted octanol–water partition coefficient (Wildman–Crippen LogP) is 1.21. The van der Waals surface area contributed by atoms with Crippen LogP contribution in [0.2, 0.25) is 0 Å². The molecular weight excluding hydrogens is 290 g/mol. The van der Waals surface area contributed by atoms with Gasteiger partial charge >= 0.3 is 0 Å². The Bertz CT molecular complexity index is 490. The molecule has 21 heavy (non-hydrogen) atoms. The van der Waals surface area contributed by atoms with Crippen molar-refractivity contribution in [3.63, 3.8) is 0 Å². The Morgan fingerprint density at radius 2 is 1.90 bits per heavy atom. The van der Waals surface area contributed by atoms with Gasteiger partial charge in [0.05, 0.1) is 0 Å². The number of carbonyl (C=O) groups is 2. The molecule has 2 rings (SSSR count). The Labute approximate surface area is 131 Å². The van der Waals surface area contributed by atoms with Crippen LogP contribution in [0.15, 0.2) is 24.3 Å². The molecule has 0 heterocycles. The van der Waals surface area contributed by atoms with E-state index in [9.17, 15) is 9.59 Å². The Morgan fingerprint density at radius 1 is 1.24 bits per heavy atom. The predicted molar refractivity (Wildman–Crippen MR) is 84.2 cm³/mol. The minimum Gasteiger partial charge on any atom is -0.355 e. The monoisotopic (exact) mass is 311 g/mol. The molecule has 1 saturated carbocycles. The Balaban J connectivity index is 0.00000220. The van der Waals surface area contributed by atoms with E-state index in [2.05, 4.69) is 10.6 Å². The first-order chi connectivity index (χ1) is 9.60. The summed E-state index contributed by atoms with van der Waals surface area (Å²) in [5, 5.41) is 5.50. The minimum atomic E-state index is -0.111. The zero-order valence-electron chi connectivity index (χ0n) is 12.1. The topological polar surface area (TPSA) is 84.2 Å². The average molecular weight is 312 g/mol. The molecule has 0 aromatic heterocycles. The molecule has 2 amide bonds. The second-order valence-corrected chi connectivity index (χ2v) is 5.26. The fourth-order valence-electron chi connectivity index (χ4n) is 2.51. The van der Waals surface area contributed by atoms with Gasteiger partial charge in [-0.1, -0.05) is 12.1 Å². The van der Waals surface area contributed by atoms with E-state index in [0.717, 1.165) is 24.8 Å². The van der Waals surface area contributed by atoms with Crippen LogP contribution in [-0.2, 0) is 11.3 Å². The van der Waals surface area contributed by atoms with Gasteiger partial charge in [0.15, 0.2) is 0 Å². The molecule has 1 aromatic carbocycles. The van der Waals surface area contributed by atoms with E-state index < -0.39 is 0 Å². The Morgan fingerprint density at radius 3 is 2.43 bits per heavy atom. The largest absolute Gasteiger partial charge is 0.355 e. The van der Waals surface area contributed by atoms with Gasteiger partial charge in [0, 0.05) is 31.1 Å². The summed E-state index contributed by atoms with van der Waals surface area (Å²) in [4.78, 5) is 23.4. The third-order valence-electron chi connectivity index (χ3n) is 3.75. The van der Waals surface area contributed by atoms with Crippen LogP contribution in [0.4, 0.5) is 0 Å².